The number of hydrogen-bond donors (Lipinski definition) is 1. The maximum Gasteiger partial charge on any atom is 0.269 e. The topological polar surface area (TPSA) is 103 Å². The number of hydrogen-bond acceptors (Lipinski definition) is 7. The number of fused-ring (bicyclic) bond motifs is 1. The van der Waals surface area contributed by atoms with E-state index >= 15 is 0 Å². The highest BCUT2D eigenvalue weighted by atomic mass is 32.2. The van der Waals surface area contributed by atoms with Crippen molar-refractivity contribution in [1.29, 1.82) is 0 Å². The highest BCUT2D eigenvalue weighted by Gasteiger charge is 2.37. The van der Waals surface area contributed by atoms with Gasteiger partial charge in [-0.15, -0.1) is 5.10 Å². The highest BCUT2D eigenvalue weighted by molar-refractivity contribution is 7.98. The Morgan fingerprint density at radius 3 is 2.65 bits per heavy atom. The molecule has 0 amide bonds. The molecule has 3 aromatic rings. The summed E-state index contributed by atoms with van der Waals surface area (Å²) in [5.41, 5.74) is 3.52. The number of carbonyl (C=O) groups is 1. The van der Waals surface area contributed by atoms with Gasteiger partial charge >= 0.3 is 0 Å². The standard InChI is InChI=1S/C22H19N5O3S/c28-18-8-4-7-17-19(18)20(15-9-11-16(12-10-15)27(29)30)26-21(23-17)24-22(25-26)31-13-14-5-2-1-3-6-14/h1-3,5-6,9-12,20H,4,7-8,13H2,(H,23,24,25)/t20-/m0/s1. The van der Waals surface area contributed by atoms with Gasteiger partial charge in [0.1, 0.15) is 6.04 Å². The van der Waals surface area contributed by atoms with Crippen LogP contribution < -0.4 is 5.32 Å². The molecule has 0 fully saturated rings. The Morgan fingerprint density at radius 1 is 1.13 bits per heavy atom. The highest BCUT2D eigenvalue weighted by Crippen LogP contribution is 2.41. The number of aromatic nitrogens is 3. The number of thioether (sulfide) groups is 1. The fourth-order valence-corrected chi connectivity index (χ4v) is 4.79. The molecule has 0 radical (unpaired) electrons. The first-order valence-electron chi connectivity index (χ1n) is 10.0. The zero-order chi connectivity index (χ0) is 21.4. The van der Waals surface area contributed by atoms with Gasteiger partial charge in [-0.3, -0.25) is 14.9 Å². The molecule has 2 aromatic carbocycles. The molecule has 9 heteroatoms. The van der Waals surface area contributed by atoms with Gasteiger partial charge in [0.15, 0.2) is 5.78 Å². The first-order chi connectivity index (χ1) is 15.1. The normalized spacial score (nSPS) is 17.7. The summed E-state index contributed by atoms with van der Waals surface area (Å²) in [5, 5.41) is 19.7. The Labute approximate surface area is 182 Å². The fraction of sp³-hybridized carbons (Fsp3) is 0.227. The van der Waals surface area contributed by atoms with Crippen LogP contribution in [0.5, 0.6) is 0 Å². The van der Waals surface area contributed by atoms with Crippen molar-refractivity contribution in [2.75, 3.05) is 5.32 Å². The summed E-state index contributed by atoms with van der Waals surface area (Å²) in [6.45, 7) is 0. The van der Waals surface area contributed by atoms with Gasteiger partial charge in [0.05, 0.1) is 4.92 Å². The number of benzene rings is 2. The molecule has 156 valence electrons. The number of allylic oxidation sites excluding steroid dienone is 2. The predicted octanol–water partition coefficient (Wildman–Crippen LogP) is 4.50. The molecule has 5 rings (SSSR count). The second kappa shape index (κ2) is 7.99. The molecule has 0 spiro atoms. The zero-order valence-electron chi connectivity index (χ0n) is 16.5. The van der Waals surface area contributed by atoms with Crippen molar-refractivity contribution in [2.45, 2.75) is 36.2 Å². The molecule has 0 saturated carbocycles. The summed E-state index contributed by atoms with van der Waals surface area (Å²) >= 11 is 1.53. The van der Waals surface area contributed by atoms with E-state index in [1.165, 1.54) is 29.5 Å². The minimum absolute atomic E-state index is 0.0137. The summed E-state index contributed by atoms with van der Waals surface area (Å²) < 4.78 is 1.73. The minimum Gasteiger partial charge on any atom is -0.328 e. The van der Waals surface area contributed by atoms with E-state index in [1.54, 1.807) is 16.8 Å². The van der Waals surface area contributed by atoms with Crippen molar-refractivity contribution < 1.29 is 9.72 Å². The summed E-state index contributed by atoms with van der Waals surface area (Å²) in [7, 11) is 0. The van der Waals surface area contributed by atoms with Crippen LogP contribution in [0.1, 0.15) is 36.4 Å². The number of ketones is 1. The number of carbonyl (C=O) groups excluding carboxylic acids is 1. The molecule has 2 heterocycles. The Hall–Kier alpha value is -3.46. The van der Waals surface area contributed by atoms with Crippen LogP contribution in [0.15, 0.2) is 71.0 Å². The van der Waals surface area contributed by atoms with Crippen LogP contribution in [0.3, 0.4) is 0 Å². The van der Waals surface area contributed by atoms with E-state index in [-0.39, 0.29) is 11.5 Å². The van der Waals surface area contributed by atoms with Crippen molar-refractivity contribution >= 4 is 29.2 Å². The van der Waals surface area contributed by atoms with Gasteiger partial charge in [-0.1, -0.05) is 42.1 Å². The third-order valence-electron chi connectivity index (χ3n) is 5.48. The van der Waals surface area contributed by atoms with Gasteiger partial charge in [0, 0.05) is 35.6 Å². The average Bonchev–Trinajstić information content (AvgIpc) is 3.20. The van der Waals surface area contributed by atoms with E-state index in [1.807, 2.05) is 18.2 Å². The van der Waals surface area contributed by atoms with Gasteiger partial charge in [0.25, 0.3) is 5.69 Å². The molecule has 31 heavy (non-hydrogen) atoms. The van der Waals surface area contributed by atoms with Gasteiger partial charge < -0.3 is 5.32 Å². The van der Waals surface area contributed by atoms with E-state index in [9.17, 15) is 14.9 Å². The fourth-order valence-electron chi connectivity index (χ4n) is 4.01. The van der Waals surface area contributed by atoms with Crippen LogP contribution in [0.25, 0.3) is 0 Å². The van der Waals surface area contributed by atoms with Gasteiger partial charge in [-0.25, -0.2) is 4.68 Å². The number of nitro benzene ring substituents is 1. The Morgan fingerprint density at radius 2 is 1.90 bits per heavy atom. The maximum atomic E-state index is 12.8. The molecular weight excluding hydrogens is 414 g/mol. The van der Waals surface area contributed by atoms with Crippen LogP contribution >= 0.6 is 11.8 Å². The molecule has 1 N–H and O–H groups in total. The lowest BCUT2D eigenvalue weighted by atomic mass is 9.85. The molecule has 1 atom stereocenters. The summed E-state index contributed by atoms with van der Waals surface area (Å²) in [6.07, 6.45) is 2.05. The number of Topliss-reactive ketones (excluding diaryl/α,β-unsaturated/α-hetero) is 1. The average molecular weight is 433 g/mol. The van der Waals surface area contributed by atoms with E-state index in [4.69, 9.17) is 5.10 Å². The molecule has 2 aliphatic rings. The monoisotopic (exact) mass is 433 g/mol. The molecule has 0 bridgehead atoms. The Kier molecular flexibility index (Phi) is 5.03. The largest absolute Gasteiger partial charge is 0.328 e. The van der Waals surface area contributed by atoms with Crippen LogP contribution in [-0.2, 0) is 10.5 Å². The third kappa shape index (κ3) is 3.72. The minimum atomic E-state index is -0.446. The van der Waals surface area contributed by atoms with Crippen LogP contribution in [0.4, 0.5) is 11.6 Å². The molecule has 1 aliphatic heterocycles. The van der Waals surface area contributed by atoms with Crippen molar-refractivity contribution in [3.05, 3.63) is 87.1 Å². The summed E-state index contributed by atoms with van der Waals surface area (Å²) in [5.74, 6) is 1.41. The lowest BCUT2D eigenvalue weighted by Gasteiger charge is -2.32. The molecule has 0 saturated heterocycles. The first-order valence-corrected chi connectivity index (χ1v) is 11.0. The molecular formula is C22H19N5O3S. The maximum absolute atomic E-state index is 12.8. The molecule has 1 aliphatic carbocycles. The second-order valence-electron chi connectivity index (χ2n) is 7.48. The quantitative estimate of drug-likeness (QED) is 0.359. The number of nitrogens with one attached hydrogen (secondary N) is 1. The number of nitro groups is 1. The van der Waals surface area contributed by atoms with Gasteiger partial charge in [-0.05, 0) is 36.1 Å². The Bertz CT molecular complexity index is 1190. The van der Waals surface area contributed by atoms with E-state index in [0.29, 0.717) is 23.1 Å². The SMILES string of the molecule is O=C1CCCC2=C1[C@H](c1ccc([N+](=O)[O-])cc1)n1nc(SCc3ccccc3)nc1N2. The summed E-state index contributed by atoms with van der Waals surface area (Å²) in [6, 6.07) is 16.0. The number of rotatable bonds is 5. The summed E-state index contributed by atoms with van der Waals surface area (Å²) in [4.78, 5) is 28.1. The number of non-ortho nitro benzene ring substituents is 1. The second-order valence-corrected chi connectivity index (χ2v) is 8.42. The lowest BCUT2D eigenvalue weighted by Crippen LogP contribution is -2.31. The van der Waals surface area contributed by atoms with Crippen molar-refractivity contribution in [1.82, 2.24) is 14.8 Å². The van der Waals surface area contributed by atoms with Crippen molar-refractivity contribution in [3.63, 3.8) is 0 Å². The zero-order valence-corrected chi connectivity index (χ0v) is 17.3. The molecule has 1 aromatic heterocycles. The van der Waals surface area contributed by atoms with E-state index in [0.717, 1.165) is 29.9 Å². The van der Waals surface area contributed by atoms with E-state index in [2.05, 4.69) is 22.4 Å². The Balaban J connectivity index is 1.51. The molecule has 0 unspecified atom stereocenters. The van der Waals surface area contributed by atoms with Gasteiger partial charge in [-0.2, -0.15) is 4.98 Å². The van der Waals surface area contributed by atoms with Crippen LogP contribution in [0, 0.1) is 10.1 Å². The van der Waals surface area contributed by atoms with Gasteiger partial charge in [0.2, 0.25) is 11.1 Å². The van der Waals surface area contributed by atoms with Crippen LogP contribution in [-0.4, -0.2) is 25.5 Å². The smallest absolute Gasteiger partial charge is 0.269 e. The molecule has 8 nitrogen and oxygen atoms in total. The number of nitrogens with zero attached hydrogens (tertiary/aromatic N) is 4. The third-order valence-corrected chi connectivity index (χ3v) is 6.39. The van der Waals surface area contributed by atoms with Crippen molar-refractivity contribution in [2.24, 2.45) is 0 Å². The predicted molar refractivity (Wildman–Crippen MR) is 117 cm³/mol. The van der Waals surface area contributed by atoms with Crippen LogP contribution in [0.2, 0.25) is 0 Å². The van der Waals surface area contributed by atoms with E-state index < -0.39 is 11.0 Å². The van der Waals surface area contributed by atoms with Crippen molar-refractivity contribution in [3.8, 4) is 0 Å². The lowest BCUT2D eigenvalue weighted by molar-refractivity contribution is -0.384. The number of anilines is 1. The first kappa shape index (κ1) is 19.5.